The molecule has 8 heteroatoms. The van der Waals surface area contributed by atoms with Gasteiger partial charge in [-0.25, -0.2) is 9.59 Å². The lowest BCUT2D eigenvalue weighted by molar-refractivity contribution is -0.136. The molecule has 0 unspecified atom stereocenters. The number of aliphatic carboxylic acids is 2. The van der Waals surface area contributed by atoms with Crippen LogP contribution in [0.1, 0.15) is 19.3 Å². The van der Waals surface area contributed by atoms with Gasteiger partial charge in [-0.1, -0.05) is 6.08 Å². The van der Waals surface area contributed by atoms with Gasteiger partial charge in [-0.2, -0.15) is 0 Å². The molecule has 0 heterocycles. The average molecular weight is 318 g/mol. The topological polar surface area (TPSA) is 102 Å². The second-order valence-electron chi connectivity index (χ2n) is 4.21. The molecule has 0 radical (unpaired) electrons. The molecule has 0 saturated heterocycles. The van der Waals surface area contributed by atoms with Gasteiger partial charge in [-0.05, 0) is 19.3 Å². The Morgan fingerprint density at radius 2 is 1.52 bits per heavy atom. The van der Waals surface area contributed by atoms with Crippen LogP contribution in [0.15, 0.2) is 23.8 Å². The predicted molar refractivity (Wildman–Crippen MR) is 77.9 cm³/mol. The van der Waals surface area contributed by atoms with Gasteiger partial charge in [0.2, 0.25) is 0 Å². The minimum atomic E-state index is -2.78. The third kappa shape index (κ3) is 5.80. The highest BCUT2D eigenvalue weighted by Gasteiger charge is 2.37. The van der Waals surface area contributed by atoms with E-state index in [0.717, 1.165) is 0 Å². The molecule has 0 fully saturated rings. The Kier molecular flexibility index (Phi) is 8.79. The minimum absolute atomic E-state index is 0.00162. The number of carboxylic acids is 2. The number of carboxylic acid groups (broad SMARTS) is 2. The number of hydrogen-bond donors (Lipinski definition) is 2. The molecule has 0 atom stereocenters. The van der Waals surface area contributed by atoms with Crippen LogP contribution in [0.4, 0.5) is 0 Å². The Morgan fingerprint density at radius 1 is 1.05 bits per heavy atom. The van der Waals surface area contributed by atoms with Crippen molar-refractivity contribution >= 4 is 20.7 Å². The van der Waals surface area contributed by atoms with Crippen molar-refractivity contribution < 1.29 is 33.1 Å². The highest BCUT2D eigenvalue weighted by Crippen LogP contribution is 2.22. The van der Waals surface area contributed by atoms with Gasteiger partial charge < -0.3 is 23.5 Å². The first-order chi connectivity index (χ1) is 9.87. The zero-order valence-corrected chi connectivity index (χ0v) is 13.5. The molecule has 0 saturated carbocycles. The molecule has 21 heavy (non-hydrogen) atoms. The first kappa shape index (κ1) is 19.5. The first-order valence-corrected chi connectivity index (χ1v) is 8.25. The highest BCUT2D eigenvalue weighted by molar-refractivity contribution is 6.60. The fourth-order valence-corrected chi connectivity index (χ4v) is 3.63. The SMILES string of the molecule is C=CCC(C(=O)O)=C(CCC[Si](OC)(OC)OC)C(=O)O. The van der Waals surface area contributed by atoms with E-state index in [1.165, 1.54) is 27.4 Å². The number of hydrogen-bond acceptors (Lipinski definition) is 5. The smallest absolute Gasteiger partial charge is 0.478 e. The van der Waals surface area contributed by atoms with Crippen LogP contribution in [0.5, 0.6) is 0 Å². The van der Waals surface area contributed by atoms with Crippen molar-refractivity contribution in [2.24, 2.45) is 0 Å². The standard InChI is InChI=1S/C13H22O7Si/c1-5-7-10(12(14)15)11(13(16)17)8-6-9-21(18-2,19-3)20-4/h5H,1,6-9H2,2-4H3,(H,14,15)(H,16,17). The van der Waals surface area contributed by atoms with Crippen molar-refractivity contribution in [3.8, 4) is 0 Å². The van der Waals surface area contributed by atoms with Gasteiger partial charge in [0, 0.05) is 32.9 Å². The van der Waals surface area contributed by atoms with Gasteiger partial charge in [0.05, 0.1) is 5.57 Å². The first-order valence-electron chi connectivity index (χ1n) is 6.32. The van der Waals surface area contributed by atoms with E-state index in [1.54, 1.807) is 0 Å². The fraction of sp³-hybridized carbons (Fsp3) is 0.538. The maximum Gasteiger partial charge on any atom is 0.500 e. The van der Waals surface area contributed by atoms with Gasteiger partial charge in [-0.15, -0.1) is 6.58 Å². The normalized spacial score (nSPS) is 12.7. The zero-order chi connectivity index (χ0) is 16.5. The molecule has 0 spiro atoms. The molecule has 120 valence electrons. The molecule has 0 aliphatic rings. The van der Waals surface area contributed by atoms with Gasteiger partial charge in [0.1, 0.15) is 0 Å². The second-order valence-corrected chi connectivity index (χ2v) is 7.30. The van der Waals surface area contributed by atoms with Crippen LogP contribution in [0.3, 0.4) is 0 Å². The van der Waals surface area contributed by atoms with Crippen molar-refractivity contribution in [2.75, 3.05) is 21.3 Å². The molecule has 7 nitrogen and oxygen atoms in total. The molecule has 0 rings (SSSR count). The van der Waals surface area contributed by atoms with E-state index >= 15 is 0 Å². The van der Waals surface area contributed by atoms with Crippen molar-refractivity contribution in [3.63, 3.8) is 0 Å². The van der Waals surface area contributed by atoms with E-state index < -0.39 is 20.7 Å². The third-order valence-corrected chi connectivity index (χ3v) is 5.90. The fourth-order valence-electron chi connectivity index (χ4n) is 1.91. The van der Waals surface area contributed by atoms with E-state index in [2.05, 4.69) is 6.58 Å². The monoisotopic (exact) mass is 318 g/mol. The lowest BCUT2D eigenvalue weighted by Crippen LogP contribution is -2.42. The van der Waals surface area contributed by atoms with E-state index in [9.17, 15) is 14.7 Å². The summed E-state index contributed by atoms with van der Waals surface area (Å²) in [6.07, 6.45) is 1.84. The quantitative estimate of drug-likeness (QED) is 0.339. The Balaban J connectivity index is 5.04. The molecule has 0 aromatic carbocycles. The molecule has 0 aliphatic heterocycles. The molecular weight excluding hydrogens is 296 g/mol. The number of rotatable bonds is 11. The van der Waals surface area contributed by atoms with Gasteiger partial charge in [0.25, 0.3) is 0 Å². The zero-order valence-electron chi connectivity index (χ0n) is 12.5. The summed E-state index contributed by atoms with van der Waals surface area (Å²) < 4.78 is 15.7. The van der Waals surface area contributed by atoms with E-state index in [0.29, 0.717) is 12.5 Å². The minimum Gasteiger partial charge on any atom is -0.478 e. The Morgan fingerprint density at radius 3 is 1.86 bits per heavy atom. The molecule has 0 aromatic heterocycles. The maximum atomic E-state index is 11.2. The van der Waals surface area contributed by atoms with Gasteiger partial charge in [-0.3, -0.25) is 0 Å². The predicted octanol–water partition coefficient (Wildman–Crippen LogP) is 1.69. The molecule has 0 aliphatic carbocycles. The average Bonchev–Trinajstić information content (AvgIpc) is 2.46. The van der Waals surface area contributed by atoms with E-state index in [4.69, 9.17) is 18.4 Å². The Labute approximate surface area is 125 Å². The van der Waals surface area contributed by atoms with Crippen LogP contribution in [-0.4, -0.2) is 52.3 Å². The lowest BCUT2D eigenvalue weighted by atomic mass is 10.0. The lowest BCUT2D eigenvalue weighted by Gasteiger charge is -2.24. The van der Waals surface area contributed by atoms with Crippen molar-refractivity contribution in [2.45, 2.75) is 25.3 Å². The number of allylic oxidation sites excluding steroid dienone is 1. The molecule has 0 aromatic rings. The summed E-state index contributed by atoms with van der Waals surface area (Å²) in [5, 5.41) is 18.3. The summed E-state index contributed by atoms with van der Waals surface area (Å²) in [4.78, 5) is 22.4. The second kappa shape index (κ2) is 9.45. The summed E-state index contributed by atoms with van der Waals surface area (Å²) >= 11 is 0. The maximum absolute atomic E-state index is 11.2. The Bertz CT molecular complexity index is 404. The van der Waals surface area contributed by atoms with Gasteiger partial charge >= 0.3 is 20.7 Å². The largest absolute Gasteiger partial charge is 0.500 e. The summed E-state index contributed by atoms with van der Waals surface area (Å²) in [6, 6.07) is 0.397. The summed E-state index contributed by atoms with van der Waals surface area (Å²) in [5.41, 5.74) is -0.286. The summed E-state index contributed by atoms with van der Waals surface area (Å²) in [5.74, 6) is -2.49. The van der Waals surface area contributed by atoms with Crippen LogP contribution in [-0.2, 0) is 22.9 Å². The van der Waals surface area contributed by atoms with E-state index in [1.807, 2.05) is 0 Å². The summed E-state index contributed by atoms with van der Waals surface area (Å²) in [6.45, 7) is 3.44. The van der Waals surface area contributed by atoms with Crippen LogP contribution < -0.4 is 0 Å². The molecule has 0 amide bonds. The van der Waals surface area contributed by atoms with Crippen LogP contribution in [0, 0.1) is 0 Å². The van der Waals surface area contributed by atoms with Crippen LogP contribution in [0.25, 0.3) is 0 Å². The third-order valence-electron chi connectivity index (χ3n) is 3.07. The van der Waals surface area contributed by atoms with Gasteiger partial charge in [0.15, 0.2) is 0 Å². The van der Waals surface area contributed by atoms with Crippen LogP contribution in [0.2, 0.25) is 6.04 Å². The van der Waals surface area contributed by atoms with Crippen LogP contribution >= 0.6 is 0 Å². The van der Waals surface area contributed by atoms with Crippen molar-refractivity contribution in [1.29, 1.82) is 0 Å². The van der Waals surface area contributed by atoms with Crippen molar-refractivity contribution in [1.82, 2.24) is 0 Å². The molecule has 2 N–H and O–H groups in total. The highest BCUT2D eigenvalue weighted by atomic mass is 28.4. The Hall–Kier alpha value is -1.48. The molecule has 0 bridgehead atoms. The number of carbonyl (C=O) groups is 2. The summed E-state index contributed by atoms with van der Waals surface area (Å²) in [7, 11) is 1.61. The van der Waals surface area contributed by atoms with Crippen molar-refractivity contribution in [3.05, 3.63) is 23.8 Å². The molecular formula is C13H22O7Si. The van der Waals surface area contributed by atoms with E-state index in [-0.39, 0.29) is 24.0 Å².